The maximum absolute atomic E-state index is 10.8. The Morgan fingerprint density at radius 2 is 1.67 bits per heavy atom. The minimum atomic E-state index is -1.46. The van der Waals surface area contributed by atoms with Crippen molar-refractivity contribution in [2.45, 2.75) is 32.7 Å². The van der Waals surface area contributed by atoms with E-state index in [1.807, 2.05) is 0 Å². The molecule has 0 aromatic heterocycles. The smallest absolute Gasteiger partial charge is 0.331 e. The van der Waals surface area contributed by atoms with Gasteiger partial charge >= 0.3 is 11.9 Å². The van der Waals surface area contributed by atoms with Crippen molar-refractivity contribution < 1.29 is 19.8 Å². The first-order valence-corrected chi connectivity index (χ1v) is 4.45. The van der Waals surface area contributed by atoms with E-state index in [9.17, 15) is 9.59 Å². The molecule has 0 amide bonds. The monoisotopic (exact) mass is 215 g/mol. The third-order valence-electron chi connectivity index (χ3n) is 2.37. The Balaban J connectivity index is 4.86. The predicted octanol–water partition coefficient (Wildman–Crippen LogP) is 0.846. The summed E-state index contributed by atoms with van der Waals surface area (Å²) in [7, 11) is 0. The van der Waals surface area contributed by atoms with Gasteiger partial charge in [-0.2, -0.15) is 0 Å². The lowest BCUT2D eigenvalue weighted by molar-refractivity contribution is -0.144. The summed E-state index contributed by atoms with van der Waals surface area (Å²) in [6, 6.07) is 0. The highest BCUT2D eigenvalue weighted by Crippen LogP contribution is 2.33. The van der Waals surface area contributed by atoms with E-state index in [2.05, 4.69) is 6.58 Å². The van der Waals surface area contributed by atoms with E-state index >= 15 is 0 Å². The van der Waals surface area contributed by atoms with Gasteiger partial charge < -0.3 is 15.9 Å². The van der Waals surface area contributed by atoms with E-state index in [1.54, 1.807) is 13.8 Å². The molecule has 0 rings (SSSR count). The minimum Gasteiger partial charge on any atom is -0.480 e. The first kappa shape index (κ1) is 13.6. The molecule has 5 heteroatoms. The number of rotatable bonds is 5. The molecule has 0 aliphatic heterocycles. The van der Waals surface area contributed by atoms with Crippen molar-refractivity contribution in [1.82, 2.24) is 0 Å². The molecular weight excluding hydrogens is 198 g/mol. The van der Waals surface area contributed by atoms with Crippen LogP contribution in [-0.4, -0.2) is 27.7 Å². The van der Waals surface area contributed by atoms with Gasteiger partial charge in [-0.1, -0.05) is 20.4 Å². The SMILES string of the molecule is C=C(C(=O)O)C(C)(C)CC(C)(N)C(=O)O. The van der Waals surface area contributed by atoms with Crippen LogP contribution in [0.5, 0.6) is 0 Å². The zero-order valence-corrected chi connectivity index (χ0v) is 9.20. The van der Waals surface area contributed by atoms with Crippen LogP contribution in [0.1, 0.15) is 27.2 Å². The number of carboxylic acids is 2. The van der Waals surface area contributed by atoms with E-state index in [-0.39, 0.29) is 12.0 Å². The minimum absolute atomic E-state index is 0.0144. The van der Waals surface area contributed by atoms with Crippen LogP contribution in [0.3, 0.4) is 0 Å². The van der Waals surface area contributed by atoms with Crippen LogP contribution in [-0.2, 0) is 9.59 Å². The Bertz CT molecular complexity index is 305. The summed E-state index contributed by atoms with van der Waals surface area (Å²) in [5.74, 6) is -2.30. The third kappa shape index (κ3) is 3.36. The molecule has 0 fully saturated rings. The second kappa shape index (κ2) is 4.02. The number of aliphatic carboxylic acids is 2. The largest absolute Gasteiger partial charge is 0.480 e. The first-order valence-electron chi connectivity index (χ1n) is 4.45. The van der Waals surface area contributed by atoms with Crippen molar-refractivity contribution in [2.24, 2.45) is 11.1 Å². The lowest BCUT2D eigenvalue weighted by Gasteiger charge is -2.31. The standard InChI is InChI=1S/C10H17NO4/c1-6(7(12)13)9(2,3)5-10(4,11)8(14)15/h1,5,11H2,2-4H3,(H,12,13)(H,14,15). The van der Waals surface area contributed by atoms with E-state index < -0.39 is 22.9 Å². The Morgan fingerprint density at radius 1 is 1.27 bits per heavy atom. The first-order chi connectivity index (χ1) is 6.50. The molecule has 0 heterocycles. The highest BCUT2D eigenvalue weighted by Gasteiger charge is 2.38. The maximum atomic E-state index is 10.8. The molecule has 5 nitrogen and oxygen atoms in total. The molecule has 0 spiro atoms. The molecule has 0 radical (unpaired) electrons. The highest BCUT2D eigenvalue weighted by atomic mass is 16.4. The van der Waals surface area contributed by atoms with Crippen molar-refractivity contribution in [3.63, 3.8) is 0 Å². The quantitative estimate of drug-likeness (QED) is 0.590. The van der Waals surface area contributed by atoms with Crippen LogP contribution in [0.15, 0.2) is 12.2 Å². The van der Waals surface area contributed by atoms with Gasteiger partial charge in [0.25, 0.3) is 0 Å². The van der Waals surface area contributed by atoms with Crippen LogP contribution < -0.4 is 5.73 Å². The molecule has 86 valence electrons. The summed E-state index contributed by atoms with van der Waals surface area (Å²) in [4.78, 5) is 21.5. The molecule has 0 aromatic carbocycles. The number of nitrogens with two attached hydrogens (primary N) is 1. The summed E-state index contributed by atoms with van der Waals surface area (Å²) in [6.45, 7) is 7.99. The summed E-state index contributed by atoms with van der Waals surface area (Å²) in [5.41, 5.74) is 3.20. The molecule has 4 N–H and O–H groups in total. The van der Waals surface area contributed by atoms with Gasteiger partial charge in [-0.05, 0) is 18.8 Å². The summed E-state index contributed by atoms with van der Waals surface area (Å²) in [6.07, 6.45) is 0.0144. The van der Waals surface area contributed by atoms with Crippen molar-refractivity contribution in [3.8, 4) is 0 Å². The fraction of sp³-hybridized carbons (Fsp3) is 0.600. The van der Waals surface area contributed by atoms with E-state index in [1.165, 1.54) is 6.92 Å². The molecule has 0 aliphatic rings. The van der Waals surface area contributed by atoms with Gasteiger partial charge in [-0.25, -0.2) is 4.79 Å². The van der Waals surface area contributed by atoms with Crippen molar-refractivity contribution in [2.75, 3.05) is 0 Å². The molecular formula is C10H17NO4. The van der Waals surface area contributed by atoms with E-state index in [0.717, 1.165) is 0 Å². The Morgan fingerprint density at radius 3 is 1.93 bits per heavy atom. The highest BCUT2D eigenvalue weighted by molar-refractivity contribution is 5.87. The average molecular weight is 215 g/mol. The molecule has 0 saturated heterocycles. The summed E-state index contributed by atoms with van der Waals surface area (Å²) < 4.78 is 0. The number of carboxylic acid groups (broad SMARTS) is 2. The fourth-order valence-corrected chi connectivity index (χ4v) is 1.39. The molecule has 1 atom stereocenters. The van der Waals surface area contributed by atoms with E-state index in [4.69, 9.17) is 15.9 Å². The van der Waals surface area contributed by atoms with Crippen molar-refractivity contribution >= 4 is 11.9 Å². The molecule has 15 heavy (non-hydrogen) atoms. The fourth-order valence-electron chi connectivity index (χ4n) is 1.39. The van der Waals surface area contributed by atoms with Crippen molar-refractivity contribution in [3.05, 3.63) is 12.2 Å². The maximum Gasteiger partial charge on any atom is 0.331 e. The topological polar surface area (TPSA) is 101 Å². The van der Waals surface area contributed by atoms with Crippen LogP contribution in [0.4, 0.5) is 0 Å². The van der Waals surface area contributed by atoms with Crippen LogP contribution in [0.25, 0.3) is 0 Å². The number of hydrogen-bond acceptors (Lipinski definition) is 3. The molecule has 0 saturated carbocycles. The zero-order valence-electron chi connectivity index (χ0n) is 9.20. The van der Waals surface area contributed by atoms with Crippen molar-refractivity contribution in [1.29, 1.82) is 0 Å². The van der Waals surface area contributed by atoms with E-state index in [0.29, 0.717) is 0 Å². The van der Waals surface area contributed by atoms with Gasteiger partial charge in [0.1, 0.15) is 5.54 Å². The van der Waals surface area contributed by atoms with Crippen LogP contribution in [0.2, 0.25) is 0 Å². The molecule has 0 bridgehead atoms. The van der Waals surface area contributed by atoms with Gasteiger partial charge in [0.15, 0.2) is 0 Å². The second-order valence-electron chi connectivity index (χ2n) is 4.57. The molecule has 1 unspecified atom stereocenters. The number of hydrogen-bond donors (Lipinski definition) is 3. The Kier molecular flexibility index (Phi) is 3.66. The van der Waals surface area contributed by atoms with Gasteiger partial charge in [-0.3, -0.25) is 4.79 Å². The Labute approximate surface area is 88.6 Å². The third-order valence-corrected chi connectivity index (χ3v) is 2.37. The summed E-state index contributed by atoms with van der Waals surface area (Å²) in [5, 5.41) is 17.6. The lowest BCUT2D eigenvalue weighted by atomic mass is 9.75. The predicted molar refractivity (Wildman–Crippen MR) is 55.4 cm³/mol. The summed E-state index contributed by atoms with van der Waals surface area (Å²) >= 11 is 0. The second-order valence-corrected chi connectivity index (χ2v) is 4.57. The Hall–Kier alpha value is -1.36. The lowest BCUT2D eigenvalue weighted by Crippen LogP contribution is -2.48. The van der Waals surface area contributed by atoms with Crippen LogP contribution in [0, 0.1) is 5.41 Å². The van der Waals surface area contributed by atoms with Gasteiger partial charge in [0, 0.05) is 5.57 Å². The molecule has 0 aromatic rings. The van der Waals surface area contributed by atoms with Crippen LogP contribution >= 0.6 is 0 Å². The van der Waals surface area contributed by atoms with Gasteiger partial charge in [0.05, 0.1) is 0 Å². The normalized spacial score (nSPS) is 15.5. The molecule has 0 aliphatic carbocycles. The van der Waals surface area contributed by atoms with Gasteiger partial charge in [-0.15, -0.1) is 0 Å². The average Bonchev–Trinajstić information content (AvgIpc) is 2.00. The van der Waals surface area contributed by atoms with Gasteiger partial charge in [0.2, 0.25) is 0 Å². The number of carbonyl (C=O) groups is 2. The zero-order chi connectivity index (χ0) is 12.4.